The van der Waals surface area contributed by atoms with Crippen molar-refractivity contribution in [2.24, 2.45) is 0 Å². The lowest BCUT2D eigenvalue weighted by atomic mass is 10.2. The second-order valence-corrected chi connectivity index (χ2v) is 4.98. The fourth-order valence-corrected chi connectivity index (χ4v) is 2.40. The maximum atomic E-state index is 12.3. The van der Waals surface area contributed by atoms with Gasteiger partial charge < -0.3 is 14.5 Å². The first-order chi connectivity index (χ1) is 10.8. The minimum absolute atomic E-state index is 0.0880. The minimum Gasteiger partial charge on any atom is -0.494 e. The third-order valence-corrected chi connectivity index (χ3v) is 3.48. The smallest absolute Gasteiger partial charge is 0.253 e. The van der Waals surface area contributed by atoms with Gasteiger partial charge in [0.1, 0.15) is 5.75 Å². The summed E-state index contributed by atoms with van der Waals surface area (Å²) in [5.41, 5.74) is 2.63. The van der Waals surface area contributed by atoms with Gasteiger partial charge in [0, 0.05) is 30.0 Å². The second-order valence-electron chi connectivity index (χ2n) is 4.98. The van der Waals surface area contributed by atoms with Crippen LogP contribution in [-0.2, 0) is 6.54 Å². The fourth-order valence-electron chi connectivity index (χ4n) is 2.40. The summed E-state index contributed by atoms with van der Waals surface area (Å²) in [5, 5.41) is 2.94. The van der Waals surface area contributed by atoms with Crippen molar-refractivity contribution < 1.29 is 9.53 Å². The predicted octanol–water partition coefficient (Wildman–Crippen LogP) is 3.27. The molecule has 4 nitrogen and oxygen atoms in total. The average molecular weight is 294 g/mol. The van der Waals surface area contributed by atoms with Crippen LogP contribution in [0.4, 0.5) is 0 Å². The number of ether oxygens (including phenoxy) is 1. The molecule has 0 aliphatic carbocycles. The highest BCUT2D eigenvalue weighted by Gasteiger charge is 2.09. The van der Waals surface area contributed by atoms with E-state index in [1.165, 1.54) is 0 Å². The number of fused-ring (bicyclic) bond motifs is 1. The molecule has 112 valence electrons. The van der Waals surface area contributed by atoms with E-state index in [1.54, 1.807) is 0 Å². The third-order valence-electron chi connectivity index (χ3n) is 3.48. The van der Waals surface area contributed by atoms with Gasteiger partial charge in [-0.1, -0.05) is 24.3 Å². The Labute approximate surface area is 129 Å². The molecule has 1 N–H and O–H groups in total. The van der Waals surface area contributed by atoms with Crippen LogP contribution in [0.2, 0.25) is 0 Å². The summed E-state index contributed by atoms with van der Waals surface area (Å²) < 4.78 is 7.50. The zero-order chi connectivity index (χ0) is 15.4. The zero-order valence-corrected chi connectivity index (χ0v) is 12.5. The van der Waals surface area contributed by atoms with E-state index in [4.69, 9.17) is 4.74 Å². The highest BCUT2D eigenvalue weighted by molar-refractivity contribution is 5.95. The van der Waals surface area contributed by atoms with Gasteiger partial charge in [0.2, 0.25) is 0 Å². The molecule has 1 amide bonds. The van der Waals surface area contributed by atoms with Crippen LogP contribution in [0.5, 0.6) is 5.75 Å². The van der Waals surface area contributed by atoms with Crippen LogP contribution in [0.1, 0.15) is 22.8 Å². The van der Waals surface area contributed by atoms with Gasteiger partial charge >= 0.3 is 0 Å². The Balaban J connectivity index is 1.72. The van der Waals surface area contributed by atoms with Crippen molar-refractivity contribution in [1.29, 1.82) is 0 Å². The molecule has 2 heterocycles. The normalized spacial score (nSPS) is 10.6. The topological polar surface area (TPSA) is 42.7 Å². The van der Waals surface area contributed by atoms with E-state index < -0.39 is 0 Å². The highest BCUT2D eigenvalue weighted by Crippen LogP contribution is 2.18. The number of pyridine rings is 1. The molecule has 1 aromatic carbocycles. The van der Waals surface area contributed by atoms with E-state index in [9.17, 15) is 4.79 Å². The molecule has 3 rings (SSSR count). The van der Waals surface area contributed by atoms with Gasteiger partial charge in [-0.2, -0.15) is 0 Å². The molecule has 0 spiro atoms. The van der Waals surface area contributed by atoms with Crippen molar-refractivity contribution in [1.82, 2.24) is 9.72 Å². The maximum Gasteiger partial charge on any atom is 0.253 e. The first-order valence-electron chi connectivity index (χ1n) is 7.33. The Morgan fingerprint density at radius 1 is 1.18 bits per heavy atom. The van der Waals surface area contributed by atoms with Crippen molar-refractivity contribution in [3.8, 4) is 5.75 Å². The van der Waals surface area contributed by atoms with Crippen LogP contribution in [0.15, 0.2) is 60.9 Å². The van der Waals surface area contributed by atoms with Crippen LogP contribution in [-0.4, -0.2) is 16.9 Å². The average Bonchev–Trinajstić information content (AvgIpc) is 2.98. The summed E-state index contributed by atoms with van der Waals surface area (Å²) >= 11 is 0. The SMILES string of the molecule is CCOc1ccccc1CNC(=O)c1cc2ccccn2c1. The molecule has 0 unspecified atom stereocenters. The van der Waals surface area contributed by atoms with E-state index in [0.717, 1.165) is 16.8 Å². The molecule has 0 bridgehead atoms. The first-order valence-corrected chi connectivity index (χ1v) is 7.33. The Morgan fingerprint density at radius 2 is 2.00 bits per heavy atom. The van der Waals surface area contributed by atoms with E-state index in [1.807, 2.05) is 72.2 Å². The van der Waals surface area contributed by atoms with Gasteiger partial charge in [0.05, 0.1) is 12.2 Å². The molecular formula is C18H18N2O2. The number of carbonyl (C=O) groups is 1. The number of rotatable bonds is 5. The summed E-state index contributed by atoms with van der Waals surface area (Å²) in [6.45, 7) is 3.00. The van der Waals surface area contributed by atoms with Crippen molar-refractivity contribution in [3.63, 3.8) is 0 Å². The lowest BCUT2D eigenvalue weighted by Gasteiger charge is -2.10. The van der Waals surface area contributed by atoms with Crippen molar-refractivity contribution >= 4 is 11.4 Å². The summed E-state index contributed by atoms with van der Waals surface area (Å²) in [7, 11) is 0. The maximum absolute atomic E-state index is 12.3. The molecule has 0 saturated heterocycles. The van der Waals surface area contributed by atoms with Crippen LogP contribution in [0.25, 0.3) is 5.52 Å². The van der Waals surface area contributed by atoms with Crippen LogP contribution in [0.3, 0.4) is 0 Å². The summed E-state index contributed by atoms with van der Waals surface area (Å²) in [6.07, 6.45) is 3.76. The Kier molecular flexibility index (Phi) is 4.10. The van der Waals surface area contributed by atoms with Gasteiger partial charge in [0.25, 0.3) is 5.91 Å². The van der Waals surface area contributed by atoms with Gasteiger partial charge in [-0.05, 0) is 31.2 Å². The monoisotopic (exact) mass is 294 g/mol. The molecule has 0 radical (unpaired) electrons. The molecule has 0 fully saturated rings. The minimum atomic E-state index is -0.0880. The van der Waals surface area contributed by atoms with Crippen molar-refractivity contribution in [2.45, 2.75) is 13.5 Å². The number of benzene rings is 1. The largest absolute Gasteiger partial charge is 0.494 e. The third kappa shape index (κ3) is 2.96. The lowest BCUT2D eigenvalue weighted by Crippen LogP contribution is -2.22. The quantitative estimate of drug-likeness (QED) is 0.785. The van der Waals surface area contributed by atoms with E-state index in [0.29, 0.717) is 18.7 Å². The van der Waals surface area contributed by atoms with Crippen LogP contribution < -0.4 is 10.1 Å². The molecule has 0 aliphatic rings. The Morgan fingerprint density at radius 3 is 2.82 bits per heavy atom. The predicted molar refractivity (Wildman–Crippen MR) is 86.2 cm³/mol. The molecule has 2 aromatic heterocycles. The number of aromatic nitrogens is 1. The van der Waals surface area contributed by atoms with Gasteiger partial charge in [-0.15, -0.1) is 0 Å². The van der Waals surface area contributed by atoms with Crippen LogP contribution >= 0.6 is 0 Å². The van der Waals surface area contributed by atoms with E-state index in [2.05, 4.69) is 5.32 Å². The number of para-hydroxylation sites is 1. The van der Waals surface area contributed by atoms with Gasteiger partial charge in [-0.3, -0.25) is 4.79 Å². The van der Waals surface area contributed by atoms with E-state index >= 15 is 0 Å². The van der Waals surface area contributed by atoms with Gasteiger partial charge in [-0.25, -0.2) is 0 Å². The molecular weight excluding hydrogens is 276 g/mol. The summed E-state index contributed by atoms with van der Waals surface area (Å²) in [6, 6.07) is 15.5. The first kappa shape index (κ1) is 14.2. The van der Waals surface area contributed by atoms with Crippen molar-refractivity contribution in [2.75, 3.05) is 6.61 Å². The number of hydrogen-bond acceptors (Lipinski definition) is 2. The molecule has 3 aromatic rings. The summed E-state index contributed by atoms with van der Waals surface area (Å²) in [4.78, 5) is 12.3. The number of hydrogen-bond donors (Lipinski definition) is 1. The van der Waals surface area contributed by atoms with Crippen LogP contribution in [0, 0.1) is 0 Å². The molecule has 22 heavy (non-hydrogen) atoms. The number of carbonyl (C=O) groups excluding carboxylic acids is 1. The zero-order valence-electron chi connectivity index (χ0n) is 12.5. The standard InChI is InChI=1S/C18H18N2O2/c1-2-22-17-9-4-3-7-14(17)12-19-18(21)15-11-16-8-5-6-10-20(16)13-15/h3-11,13H,2,12H2,1H3,(H,19,21). The van der Waals surface area contributed by atoms with Crippen molar-refractivity contribution in [3.05, 3.63) is 72.1 Å². The van der Waals surface area contributed by atoms with Gasteiger partial charge in [0.15, 0.2) is 0 Å². The lowest BCUT2D eigenvalue weighted by molar-refractivity contribution is 0.0951. The molecule has 0 atom stereocenters. The molecule has 4 heteroatoms. The Hall–Kier alpha value is -2.75. The van der Waals surface area contributed by atoms with E-state index in [-0.39, 0.29) is 5.91 Å². The number of nitrogens with zero attached hydrogens (tertiary/aromatic N) is 1. The second kappa shape index (κ2) is 6.35. The highest BCUT2D eigenvalue weighted by atomic mass is 16.5. The Bertz CT molecular complexity index is 759. The molecule has 0 saturated carbocycles. The number of nitrogens with one attached hydrogen (secondary N) is 1. The molecule has 0 aliphatic heterocycles. The number of amides is 1. The fraction of sp³-hybridized carbons (Fsp3) is 0.167. The summed E-state index contributed by atoms with van der Waals surface area (Å²) in [5.74, 6) is 0.724.